The summed E-state index contributed by atoms with van der Waals surface area (Å²) in [4.78, 5) is 13.3. The molecule has 0 N–H and O–H groups in total. The zero-order valence-corrected chi connectivity index (χ0v) is 13.6. The van der Waals surface area contributed by atoms with E-state index in [1.807, 2.05) is 20.8 Å². The maximum Gasteiger partial charge on any atom is 0.410 e. The van der Waals surface area contributed by atoms with Crippen LogP contribution in [0.2, 0.25) is 0 Å². The second-order valence-corrected chi connectivity index (χ2v) is 7.03. The van der Waals surface area contributed by atoms with Gasteiger partial charge in [-0.1, -0.05) is 22.6 Å². The average molecular weight is 371 g/mol. The van der Waals surface area contributed by atoms with E-state index < -0.39 is 17.4 Å². The number of alkyl halides is 2. The van der Waals surface area contributed by atoms with Crippen molar-refractivity contribution in [2.24, 2.45) is 0 Å². The van der Waals surface area contributed by atoms with E-state index in [0.717, 1.165) is 17.3 Å². The van der Waals surface area contributed by atoms with Gasteiger partial charge in [-0.05, 0) is 44.5 Å². The summed E-state index contributed by atoms with van der Waals surface area (Å²) in [6.45, 7) is 6.12. The van der Waals surface area contributed by atoms with Gasteiger partial charge in [-0.15, -0.1) is 0 Å². The van der Waals surface area contributed by atoms with Crippen LogP contribution >= 0.6 is 22.6 Å². The van der Waals surface area contributed by atoms with Crippen molar-refractivity contribution >= 4 is 28.7 Å². The van der Waals surface area contributed by atoms with E-state index in [2.05, 4.69) is 22.6 Å². The van der Waals surface area contributed by atoms with Crippen LogP contribution in [0.15, 0.2) is 0 Å². The minimum Gasteiger partial charge on any atom is -0.444 e. The van der Waals surface area contributed by atoms with E-state index in [9.17, 15) is 9.18 Å². The minimum absolute atomic E-state index is 0.184. The number of amides is 1. The van der Waals surface area contributed by atoms with Crippen molar-refractivity contribution in [1.29, 1.82) is 0 Å². The van der Waals surface area contributed by atoms with Crippen LogP contribution in [0.25, 0.3) is 0 Å². The fourth-order valence-electron chi connectivity index (χ4n) is 2.06. The van der Waals surface area contributed by atoms with Gasteiger partial charge in [0, 0.05) is 13.0 Å². The molecule has 0 saturated carbocycles. The van der Waals surface area contributed by atoms with Gasteiger partial charge in [-0.25, -0.2) is 9.18 Å². The SMILES string of the molecule is CC(C)(C)OC(=O)N1CC[C@@](F)(CCCCI)C1. The molecule has 3 nitrogen and oxygen atoms in total. The fourth-order valence-corrected chi connectivity index (χ4v) is 2.60. The van der Waals surface area contributed by atoms with Crippen molar-refractivity contribution in [2.45, 2.75) is 57.7 Å². The Balaban J connectivity index is 2.42. The zero-order valence-electron chi connectivity index (χ0n) is 11.5. The van der Waals surface area contributed by atoms with Crippen molar-refractivity contribution in [3.05, 3.63) is 0 Å². The summed E-state index contributed by atoms with van der Waals surface area (Å²) >= 11 is 2.30. The first-order chi connectivity index (χ1) is 8.26. The number of hydrogen-bond donors (Lipinski definition) is 0. The number of halogens is 2. The molecule has 1 rings (SSSR count). The highest BCUT2D eigenvalue weighted by Gasteiger charge is 2.40. The van der Waals surface area contributed by atoms with Gasteiger partial charge in [0.25, 0.3) is 0 Å². The molecule has 0 bridgehead atoms. The van der Waals surface area contributed by atoms with Gasteiger partial charge in [0.1, 0.15) is 11.3 Å². The molecule has 0 radical (unpaired) electrons. The van der Waals surface area contributed by atoms with Crippen molar-refractivity contribution in [1.82, 2.24) is 4.90 Å². The van der Waals surface area contributed by atoms with Crippen LogP contribution in [0.1, 0.15) is 46.5 Å². The van der Waals surface area contributed by atoms with Gasteiger partial charge in [0.15, 0.2) is 0 Å². The molecule has 106 valence electrons. The van der Waals surface area contributed by atoms with Crippen molar-refractivity contribution in [2.75, 3.05) is 17.5 Å². The van der Waals surface area contributed by atoms with Crippen molar-refractivity contribution in [3.8, 4) is 0 Å². The molecule has 1 saturated heterocycles. The maximum atomic E-state index is 14.4. The Kier molecular flexibility index (Phi) is 5.67. The molecule has 0 aliphatic carbocycles. The molecule has 18 heavy (non-hydrogen) atoms. The first kappa shape index (κ1) is 16.0. The summed E-state index contributed by atoms with van der Waals surface area (Å²) < 4.78 is 20.7. The van der Waals surface area contributed by atoms with Gasteiger partial charge in [-0.2, -0.15) is 0 Å². The summed E-state index contributed by atoms with van der Waals surface area (Å²) in [5.41, 5.74) is -1.72. The Labute approximate surface area is 123 Å². The maximum absolute atomic E-state index is 14.4. The summed E-state index contributed by atoms with van der Waals surface area (Å²) in [6.07, 6.45) is 2.53. The lowest BCUT2D eigenvalue weighted by molar-refractivity contribution is 0.0254. The van der Waals surface area contributed by atoms with E-state index in [1.165, 1.54) is 4.90 Å². The number of rotatable bonds is 4. The van der Waals surface area contributed by atoms with Gasteiger partial charge >= 0.3 is 6.09 Å². The number of hydrogen-bond acceptors (Lipinski definition) is 2. The van der Waals surface area contributed by atoms with Crippen LogP contribution in [0.4, 0.5) is 9.18 Å². The molecule has 1 amide bonds. The quantitative estimate of drug-likeness (QED) is 0.426. The van der Waals surface area contributed by atoms with Crippen LogP contribution in [-0.4, -0.2) is 39.8 Å². The zero-order chi connectivity index (χ0) is 13.8. The summed E-state index contributed by atoms with van der Waals surface area (Å²) in [5, 5.41) is 0. The Morgan fingerprint density at radius 3 is 2.67 bits per heavy atom. The predicted octanol–water partition coefficient (Wildman–Crippen LogP) is 3.94. The summed E-state index contributed by atoms with van der Waals surface area (Å²) in [6, 6.07) is 0. The number of carbonyl (C=O) groups is 1. The van der Waals surface area contributed by atoms with E-state index in [0.29, 0.717) is 19.4 Å². The van der Waals surface area contributed by atoms with E-state index in [4.69, 9.17) is 4.74 Å². The largest absolute Gasteiger partial charge is 0.444 e. The third-order valence-corrected chi connectivity index (χ3v) is 3.73. The smallest absolute Gasteiger partial charge is 0.410 e. The standard InChI is InChI=1S/C13H23FINO2/c1-12(2,3)18-11(17)16-9-7-13(14,10-16)6-4-5-8-15/h4-10H2,1-3H3/t13-/m0/s1. The number of carbonyl (C=O) groups excluding carboxylic acids is 1. The molecule has 5 heteroatoms. The molecule has 1 fully saturated rings. The van der Waals surface area contributed by atoms with E-state index in [-0.39, 0.29) is 6.54 Å². The molecule has 1 heterocycles. The Hall–Kier alpha value is -0.0700. The second kappa shape index (κ2) is 6.39. The molecule has 0 spiro atoms. The normalized spacial score (nSPS) is 24.4. The number of likely N-dealkylation sites (tertiary alicyclic amines) is 1. The van der Waals surface area contributed by atoms with Crippen LogP contribution < -0.4 is 0 Å². The molecule has 0 aromatic rings. The molecular formula is C13H23FINO2. The van der Waals surface area contributed by atoms with Crippen LogP contribution in [0, 0.1) is 0 Å². The lowest BCUT2D eigenvalue weighted by Crippen LogP contribution is -2.37. The van der Waals surface area contributed by atoms with Gasteiger partial charge in [-0.3, -0.25) is 0 Å². The first-order valence-electron chi connectivity index (χ1n) is 6.49. The van der Waals surface area contributed by atoms with Crippen LogP contribution in [-0.2, 0) is 4.74 Å². The Morgan fingerprint density at radius 1 is 1.44 bits per heavy atom. The van der Waals surface area contributed by atoms with Crippen LogP contribution in [0.3, 0.4) is 0 Å². The van der Waals surface area contributed by atoms with Crippen molar-refractivity contribution < 1.29 is 13.9 Å². The molecule has 0 unspecified atom stereocenters. The van der Waals surface area contributed by atoms with Gasteiger partial charge in [0.2, 0.25) is 0 Å². The second-order valence-electron chi connectivity index (χ2n) is 5.95. The van der Waals surface area contributed by atoms with E-state index >= 15 is 0 Å². The van der Waals surface area contributed by atoms with Crippen molar-refractivity contribution in [3.63, 3.8) is 0 Å². The van der Waals surface area contributed by atoms with Crippen LogP contribution in [0.5, 0.6) is 0 Å². The first-order valence-corrected chi connectivity index (χ1v) is 8.01. The number of unbranched alkanes of at least 4 members (excludes halogenated alkanes) is 1. The third-order valence-electron chi connectivity index (χ3n) is 2.96. The third kappa shape index (κ3) is 5.28. The average Bonchev–Trinajstić information content (AvgIpc) is 2.59. The monoisotopic (exact) mass is 371 g/mol. The highest BCUT2D eigenvalue weighted by atomic mass is 127. The van der Waals surface area contributed by atoms with Gasteiger partial charge < -0.3 is 9.64 Å². The molecule has 1 atom stereocenters. The lowest BCUT2D eigenvalue weighted by atomic mass is 9.98. The molecule has 0 aromatic carbocycles. The van der Waals surface area contributed by atoms with E-state index in [1.54, 1.807) is 0 Å². The highest BCUT2D eigenvalue weighted by molar-refractivity contribution is 14.1. The molecule has 0 aromatic heterocycles. The Bertz CT molecular complexity index is 293. The lowest BCUT2D eigenvalue weighted by Gasteiger charge is -2.25. The molecule has 1 aliphatic heterocycles. The van der Waals surface area contributed by atoms with Gasteiger partial charge in [0.05, 0.1) is 6.54 Å². The predicted molar refractivity (Wildman–Crippen MR) is 79.0 cm³/mol. The summed E-state index contributed by atoms with van der Waals surface area (Å²) in [5.74, 6) is 0. The minimum atomic E-state index is -1.21. The topological polar surface area (TPSA) is 29.5 Å². The summed E-state index contributed by atoms with van der Waals surface area (Å²) in [7, 11) is 0. The Morgan fingerprint density at radius 2 is 2.11 bits per heavy atom. The number of ether oxygens (including phenoxy) is 1. The fraction of sp³-hybridized carbons (Fsp3) is 0.923. The number of nitrogens with zero attached hydrogens (tertiary/aromatic N) is 1. The highest BCUT2D eigenvalue weighted by Crippen LogP contribution is 2.31. The molecule has 1 aliphatic rings. The molecular weight excluding hydrogens is 348 g/mol.